The first-order valence-corrected chi connectivity index (χ1v) is 5.30. The Morgan fingerprint density at radius 1 is 1.50 bits per heavy atom. The van der Waals surface area contributed by atoms with Gasteiger partial charge in [0.2, 0.25) is 0 Å². The lowest BCUT2D eigenvalue weighted by atomic mass is 10.3. The van der Waals surface area contributed by atoms with Gasteiger partial charge in [0.05, 0.1) is 18.5 Å². The fourth-order valence-electron chi connectivity index (χ4n) is 0.579. The summed E-state index contributed by atoms with van der Waals surface area (Å²) in [7, 11) is -4.12. The number of hydrogen-bond acceptors (Lipinski definition) is 4. The summed E-state index contributed by atoms with van der Waals surface area (Å²) in [5, 5.41) is 0. The summed E-state index contributed by atoms with van der Waals surface area (Å²) >= 11 is 4.67. The van der Waals surface area contributed by atoms with Gasteiger partial charge in [-0.2, -0.15) is 4.08 Å². The van der Waals surface area contributed by atoms with Crippen LogP contribution in [0.3, 0.4) is 0 Å². The van der Waals surface area contributed by atoms with E-state index in [0.717, 1.165) is 12.8 Å². The van der Waals surface area contributed by atoms with Crippen molar-refractivity contribution in [2.75, 3.05) is 6.61 Å². The number of rotatable bonds is 7. The van der Waals surface area contributed by atoms with Gasteiger partial charge in [-0.15, -0.1) is 0 Å². The van der Waals surface area contributed by atoms with Crippen molar-refractivity contribution in [3.8, 4) is 0 Å². The molecule has 1 unspecified atom stereocenters. The van der Waals surface area contributed by atoms with E-state index in [1.807, 2.05) is 6.92 Å². The summed E-state index contributed by atoms with van der Waals surface area (Å²) in [5.74, 6) is 0. The maximum Gasteiger partial charge on any atom is 0.522 e. The second-order valence-electron chi connectivity index (χ2n) is 2.13. The number of unbranched alkanes of at least 4 members (excludes halogenated alkanes) is 2. The maximum absolute atomic E-state index is 11.5. The van der Waals surface area contributed by atoms with E-state index in [-0.39, 0.29) is 6.61 Å². The van der Waals surface area contributed by atoms with E-state index in [1.165, 1.54) is 0 Å². The topological polar surface area (TPSA) is 44.8 Å². The minimum absolute atomic E-state index is 0.0990. The predicted molar refractivity (Wildman–Crippen MR) is 42.2 cm³/mol. The summed E-state index contributed by atoms with van der Waals surface area (Å²) in [6, 6.07) is 0. The molecule has 0 aromatic rings. The molecule has 0 rings (SSSR count). The SMILES string of the molecule is CCCCCOP(=O)(OF)OCl. The van der Waals surface area contributed by atoms with Crippen molar-refractivity contribution in [2.45, 2.75) is 26.2 Å². The summed E-state index contributed by atoms with van der Waals surface area (Å²) in [6.07, 6.45) is 2.53. The molecule has 0 fully saturated rings. The molecule has 0 radical (unpaired) electrons. The van der Waals surface area contributed by atoms with Crippen LogP contribution in [0, 0.1) is 0 Å². The summed E-state index contributed by atoms with van der Waals surface area (Å²) < 4.78 is 33.3. The zero-order valence-electron chi connectivity index (χ0n) is 6.66. The van der Waals surface area contributed by atoms with Gasteiger partial charge in [0, 0.05) is 0 Å². The van der Waals surface area contributed by atoms with Gasteiger partial charge >= 0.3 is 7.82 Å². The van der Waals surface area contributed by atoms with Crippen molar-refractivity contribution < 1.29 is 22.4 Å². The fourth-order valence-corrected chi connectivity index (χ4v) is 1.22. The van der Waals surface area contributed by atoms with Crippen LogP contribution in [0.2, 0.25) is 0 Å². The van der Waals surface area contributed by atoms with Crippen LogP contribution in [0.5, 0.6) is 0 Å². The van der Waals surface area contributed by atoms with Crippen LogP contribution in [0.1, 0.15) is 26.2 Å². The number of hydrogen-bond donors (Lipinski definition) is 0. The molecule has 7 heteroatoms. The van der Waals surface area contributed by atoms with Gasteiger partial charge in [-0.1, -0.05) is 24.5 Å². The molecule has 0 aliphatic rings. The predicted octanol–water partition coefficient (Wildman–Crippen LogP) is 3.37. The minimum atomic E-state index is -4.12. The highest BCUT2D eigenvalue weighted by atomic mass is 35.5. The Bertz CT molecular complexity index is 148. The monoisotopic (exact) mass is 220 g/mol. The van der Waals surface area contributed by atoms with Gasteiger partial charge < -0.3 is 0 Å². The van der Waals surface area contributed by atoms with Crippen molar-refractivity contribution >= 4 is 19.7 Å². The summed E-state index contributed by atoms with van der Waals surface area (Å²) in [4.78, 5) is 0. The molecule has 0 bridgehead atoms. The van der Waals surface area contributed by atoms with Gasteiger partial charge in [-0.05, 0) is 10.9 Å². The molecule has 4 nitrogen and oxygen atoms in total. The van der Waals surface area contributed by atoms with Crippen molar-refractivity contribution in [3.05, 3.63) is 0 Å². The highest BCUT2D eigenvalue weighted by Gasteiger charge is 2.27. The zero-order chi connectivity index (χ0) is 9.45. The van der Waals surface area contributed by atoms with Crippen LogP contribution in [0.15, 0.2) is 0 Å². The first-order valence-electron chi connectivity index (χ1n) is 3.53. The number of halogens is 2. The van der Waals surface area contributed by atoms with Crippen LogP contribution in [0.4, 0.5) is 4.53 Å². The van der Waals surface area contributed by atoms with Crippen molar-refractivity contribution in [1.82, 2.24) is 0 Å². The molecule has 0 aliphatic carbocycles. The molecule has 0 spiro atoms. The highest BCUT2D eigenvalue weighted by molar-refractivity contribution is 7.49. The molecule has 0 saturated heterocycles. The van der Waals surface area contributed by atoms with E-state index >= 15 is 0 Å². The Morgan fingerprint density at radius 3 is 2.58 bits per heavy atom. The molecule has 0 aliphatic heterocycles. The Morgan fingerprint density at radius 2 is 2.17 bits per heavy atom. The molecular formula is C5H11ClFO4P. The maximum atomic E-state index is 11.5. The van der Waals surface area contributed by atoms with Crippen LogP contribution < -0.4 is 0 Å². The van der Waals surface area contributed by atoms with E-state index in [4.69, 9.17) is 0 Å². The molecule has 0 N–H and O–H groups in total. The third-order valence-corrected chi connectivity index (χ3v) is 2.51. The van der Waals surface area contributed by atoms with E-state index in [0.29, 0.717) is 6.42 Å². The van der Waals surface area contributed by atoms with Crippen molar-refractivity contribution in [3.63, 3.8) is 0 Å². The van der Waals surface area contributed by atoms with E-state index in [9.17, 15) is 9.09 Å². The van der Waals surface area contributed by atoms with Crippen LogP contribution in [-0.2, 0) is 17.9 Å². The van der Waals surface area contributed by atoms with Gasteiger partial charge in [0.1, 0.15) is 0 Å². The Labute approximate surface area is 75.6 Å². The van der Waals surface area contributed by atoms with Gasteiger partial charge in [-0.25, -0.2) is 4.57 Å². The lowest BCUT2D eigenvalue weighted by molar-refractivity contribution is -0.0444. The minimum Gasteiger partial charge on any atom is -0.284 e. The van der Waals surface area contributed by atoms with Crippen molar-refractivity contribution in [1.29, 1.82) is 0 Å². The molecule has 0 heterocycles. The highest BCUT2D eigenvalue weighted by Crippen LogP contribution is 2.51. The molecule has 1 atom stereocenters. The fraction of sp³-hybridized carbons (Fsp3) is 1.00. The third-order valence-electron chi connectivity index (χ3n) is 1.17. The van der Waals surface area contributed by atoms with Crippen molar-refractivity contribution in [2.24, 2.45) is 0 Å². The quantitative estimate of drug-likeness (QED) is 0.487. The lowest BCUT2D eigenvalue weighted by Crippen LogP contribution is -1.93. The first-order chi connectivity index (χ1) is 5.68. The van der Waals surface area contributed by atoms with E-state index < -0.39 is 7.82 Å². The molecular weight excluding hydrogens is 209 g/mol. The average Bonchev–Trinajstić information content (AvgIpc) is 2.12. The molecule has 0 amide bonds. The molecule has 74 valence electrons. The molecule has 0 aromatic heterocycles. The largest absolute Gasteiger partial charge is 0.522 e. The Kier molecular flexibility index (Phi) is 6.99. The standard InChI is InChI=1S/C5H11ClFO4P/c1-2-3-4-5-9-12(8,10-6)11-7/h2-5H2,1H3. The zero-order valence-corrected chi connectivity index (χ0v) is 8.31. The van der Waals surface area contributed by atoms with E-state index in [2.05, 4.69) is 25.2 Å². The molecule has 12 heavy (non-hydrogen) atoms. The van der Waals surface area contributed by atoms with Gasteiger partial charge in [0.25, 0.3) is 0 Å². The Balaban J connectivity index is 3.52. The summed E-state index contributed by atoms with van der Waals surface area (Å²) in [6.45, 7) is 2.09. The van der Waals surface area contributed by atoms with Gasteiger partial charge in [-0.3, -0.25) is 4.52 Å². The van der Waals surface area contributed by atoms with Crippen LogP contribution in [0.25, 0.3) is 0 Å². The Hall–Kier alpha value is 0.330. The van der Waals surface area contributed by atoms with Gasteiger partial charge in [0.15, 0.2) is 0 Å². The second kappa shape index (κ2) is 6.80. The summed E-state index contributed by atoms with van der Waals surface area (Å²) in [5.41, 5.74) is 0. The first kappa shape index (κ1) is 12.3. The molecule has 0 saturated carbocycles. The van der Waals surface area contributed by atoms with E-state index in [1.54, 1.807) is 0 Å². The van der Waals surface area contributed by atoms with Crippen LogP contribution >= 0.6 is 19.7 Å². The number of phosphoric acid groups is 1. The molecule has 0 aromatic carbocycles. The average molecular weight is 221 g/mol. The third kappa shape index (κ3) is 5.06. The second-order valence-corrected chi connectivity index (χ2v) is 3.97. The smallest absolute Gasteiger partial charge is 0.284 e. The normalized spacial score (nSPS) is 15.9. The lowest BCUT2D eigenvalue weighted by Gasteiger charge is -2.07. The van der Waals surface area contributed by atoms with Crippen LogP contribution in [-0.4, -0.2) is 6.61 Å².